The fourth-order valence-electron chi connectivity index (χ4n) is 1.77. The van der Waals surface area contributed by atoms with Crippen molar-refractivity contribution < 1.29 is 14.2 Å². The molecule has 4 heteroatoms. The lowest BCUT2D eigenvalue weighted by atomic mass is 10.2. The van der Waals surface area contributed by atoms with Gasteiger partial charge < -0.3 is 19.9 Å². The van der Waals surface area contributed by atoms with Gasteiger partial charge in [-0.2, -0.15) is 0 Å². The van der Waals surface area contributed by atoms with Gasteiger partial charge in [0, 0.05) is 6.07 Å². The van der Waals surface area contributed by atoms with Gasteiger partial charge in [-0.15, -0.1) is 0 Å². The fourth-order valence-corrected chi connectivity index (χ4v) is 1.77. The van der Waals surface area contributed by atoms with Crippen molar-refractivity contribution in [2.45, 2.75) is 13.5 Å². The maximum atomic E-state index is 5.82. The average Bonchev–Trinajstić information content (AvgIpc) is 2.49. The van der Waals surface area contributed by atoms with E-state index in [0.29, 0.717) is 24.7 Å². The lowest BCUT2D eigenvalue weighted by Crippen LogP contribution is -1.99. The van der Waals surface area contributed by atoms with Crippen LogP contribution in [0.3, 0.4) is 0 Å². The van der Waals surface area contributed by atoms with Crippen LogP contribution < -0.4 is 19.9 Å². The number of hydrogen-bond acceptors (Lipinski definition) is 4. The van der Waals surface area contributed by atoms with Crippen LogP contribution in [0.1, 0.15) is 12.5 Å². The van der Waals surface area contributed by atoms with E-state index in [4.69, 9.17) is 19.9 Å². The third-order valence-corrected chi connectivity index (χ3v) is 2.85. The van der Waals surface area contributed by atoms with Gasteiger partial charge in [0.25, 0.3) is 0 Å². The maximum Gasteiger partial charge on any atom is 0.145 e. The molecule has 0 saturated heterocycles. The Hall–Kier alpha value is -2.36. The van der Waals surface area contributed by atoms with E-state index in [9.17, 15) is 0 Å². The Morgan fingerprint density at radius 2 is 1.65 bits per heavy atom. The first-order chi connectivity index (χ1) is 9.72. The van der Waals surface area contributed by atoms with E-state index in [-0.39, 0.29) is 0 Å². The summed E-state index contributed by atoms with van der Waals surface area (Å²) in [6.45, 7) is 2.98. The molecule has 0 spiro atoms. The third-order valence-electron chi connectivity index (χ3n) is 2.85. The minimum atomic E-state index is 0.486. The molecule has 4 nitrogen and oxygen atoms in total. The predicted molar refractivity (Wildman–Crippen MR) is 79.3 cm³/mol. The lowest BCUT2D eigenvalue weighted by Gasteiger charge is -2.11. The summed E-state index contributed by atoms with van der Waals surface area (Å²) in [5, 5.41) is 0. The minimum absolute atomic E-state index is 0.486. The Morgan fingerprint density at radius 1 is 0.950 bits per heavy atom. The monoisotopic (exact) mass is 273 g/mol. The SMILES string of the molecule is CCOc1cc(OCc2ccc(OC)cc2)ccc1N. The highest BCUT2D eigenvalue weighted by Gasteiger charge is 2.03. The molecule has 106 valence electrons. The number of hydrogen-bond donors (Lipinski definition) is 1. The number of methoxy groups -OCH3 is 1. The second kappa shape index (κ2) is 6.70. The second-order valence-corrected chi connectivity index (χ2v) is 4.27. The first-order valence-electron chi connectivity index (χ1n) is 6.51. The van der Waals surface area contributed by atoms with Crippen molar-refractivity contribution in [3.05, 3.63) is 48.0 Å². The summed E-state index contributed by atoms with van der Waals surface area (Å²) in [5.41, 5.74) is 7.50. The third kappa shape index (κ3) is 3.57. The summed E-state index contributed by atoms with van der Waals surface area (Å²) in [7, 11) is 1.65. The summed E-state index contributed by atoms with van der Waals surface area (Å²) in [6.07, 6.45) is 0. The van der Waals surface area contributed by atoms with Crippen LogP contribution in [-0.4, -0.2) is 13.7 Å². The van der Waals surface area contributed by atoms with Gasteiger partial charge in [0.2, 0.25) is 0 Å². The van der Waals surface area contributed by atoms with Gasteiger partial charge in [-0.25, -0.2) is 0 Å². The zero-order chi connectivity index (χ0) is 14.4. The number of anilines is 1. The highest BCUT2D eigenvalue weighted by molar-refractivity contribution is 5.55. The Labute approximate surface area is 119 Å². The molecule has 0 aromatic heterocycles. The van der Waals surface area contributed by atoms with E-state index in [1.807, 2.05) is 43.3 Å². The maximum absolute atomic E-state index is 5.82. The zero-order valence-electron chi connectivity index (χ0n) is 11.8. The van der Waals surface area contributed by atoms with E-state index in [2.05, 4.69) is 0 Å². The largest absolute Gasteiger partial charge is 0.497 e. The Kier molecular flexibility index (Phi) is 4.71. The van der Waals surface area contributed by atoms with Crippen LogP contribution in [0, 0.1) is 0 Å². The van der Waals surface area contributed by atoms with Crippen LogP contribution in [0.15, 0.2) is 42.5 Å². The Bertz CT molecular complexity index is 552. The van der Waals surface area contributed by atoms with Crippen molar-refractivity contribution in [1.29, 1.82) is 0 Å². The Morgan fingerprint density at radius 3 is 2.30 bits per heavy atom. The molecule has 2 aromatic rings. The van der Waals surface area contributed by atoms with Crippen LogP contribution in [-0.2, 0) is 6.61 Å². The van der Waals surface area contributed by atoms with Crippen molar-refractivity contribution >= 4 is 5.69 Å². The molecule has 0 bridgehead atoms. The molecule has 2 N–H and O–H groups in total. The summed E-state index contributed by atoms with van der Waals surface area (Å²) in [4.78, 5) is 0. The first-order valence-corrected chi connectivity index (χ1v) is 6.51. The van der Waals surface area contributed by atoms with Crippen molar-refractivity contribution in [2.24, 2.45) is 0 Å². The number of rotatable bonds is 6. The molecular formula is C16H19NO3. The lowest BCUT2D eigenvalue weighted by molar-refractivity contribution is 0.300. The Balaban J connectivity index is 2.00. The molecule has 0 atom stereocenters. The summed E-state index contributed by atoms with van der Waals surface area (Å²) in [5.74, 6) is 2.22. The molecule has 0 radical (unpaired) electrons. The molecule has 2 aromatic carbocycles. The summed E-state index contributed by atoms with van der Waals surface area (Å²) >= 11 is 0. The number of benzene rings is 2. The highest BCUT2D eigenvalue weighted by atomic mass is 16.5. The fraction of sp³-hybridized carbons (Fsp3) is 0.250. The molecule has 0 fully saturated rings. The average molecular weight is 273 g/mol. The number of nitrogen functional groups attached to an aromatic ring is 1. The van der Waals surface area contributed by atoms with Gasteiger partial charge >= 0.3 is 0 Å². The van der Waals surface area contributed by atoms with E-state index in [0.717, 1.165) is 17.1 Å². The standard InChI is InChI=1S/C16H19NO3/c1-3-19-16-10-14(8-9-15(16)17)20-11-12-4-6-13(18-2)7-5-12/h4-10H,3,11,17H2,1-2H3. The number of nitrogens with two attached hydrogens (primary N) is 1. The van der Waals surface area contributed by atoms with Crippen molar-refractivity contribution in [2.75, 3.05) is 19.5 Å². The first kappa shape index (κ1) is 14.1. The van der Waals surface area contributed by atoms with E-state index in [1.165, 1.54) is 0 Å². The quantitative estimate of drug-likeness (QED) is 0.821. The van der Waals surface area contributed by atoms with Crippen molar-refractivity contribution in [3.63, 3.8) is 0 Å². The molecule has 0 heterocycles. The minimum Gasteiger partial charge on any atom is -0.497 e. The van der Waals surface area contributed by atoms with E-state index in [1.54, 1.807) is 13.2 Å². The van der Waals surface area contributed by atoms with Gasteiger partial charge in [-0.1, -0.05) is 12.1 Å². The van der Waals surface area contributed by atoms with Crippen LogP contribution in [0.25, 0.3) is 0 Å². The van der Waals surface area contributed by atoms with Gasteiger partial charge in [-0.3, -0.25) is 0 Å². The molecule has 20 heavy (non-hydrogen) atoms. The van der Waals surface area contributed by atoms with Crippen LogP contribution in [0.4, 0.5) is 5.69 Å². The normalized spacial score (nSPS) is 10.1. The van der Waals surface area contributed by atoms with Gasteiger partial charge in [0.05, 0.1) is 19.4 Å². The molecule has 0 aliphatic heterocycles. The molecule has 0 unspecified atom stereocenters. The van der Waals surface area contributed by atoms with E-state index < -0.39 is 0 Å². The van der Waals surface area contributed by atoms with Crippen molar-refractivity contribution in [1.82, 2.24) is 0 Å². The van der Waals surface area contributed by atoms with Crippen LogP contribution in [0.5, 0.6) is 17.2 Å². The summed E-state index contributed by atoms with van der Waals surface area (Å²) in [6, 6.07) is 13.2. The predicted octanol–water partition coefficient (Wildman–Crippen LogP) is 3.26. The zero-order valence-corrected chi connectivity index (χ0v) is 11.8. The molecule has 2 rings (SSSR count). The van der Waals surface area contributed by atoms with Gasteiger partial charge in [0.1, 0.15) is 23.9 Å². The highest BCUT2D eigenvalue weighted by Crippen LogP contribution is 2.27. The molecule has 0 amide bonds. The molecule has 0 aliphatic carbocycles. The van der Waals surface area contributed by atoms with E-state index >= 15 is 0 Å². The van der Waals surface area contributed by atoms with Crippen LogP contribution >= 0.6 is 0 Å². The molecule has 0 aliphatic rings. The van der Waals surface area contributed by atoms with Gasteiger partial charge in [0.15, 0.2) is 0 Å². The second-order valence-electron chi connectivity index (χ2n) is 4.27. The smallest absolute Gasteiger partial charge is 0.145 e. The van der Waals surface area contributed by atoms with Crippen LogP contribution in [0.2, 0.25) is 0 Å². The number of ether oxygens (including phenoxy) is 3. The topological polar surface area (TPSA) is 53.7 Å². The molecular weight excluding hydrogens is 254 g/mol. The van der Waals surface area contributed by atoms with Crippen molar-refractivity contribution in [3.8, 4) is 17.2 Å². The van der Waals surface area contributed by atoms with Gasteiger partial charge in [-0.05, 0) is 36.8 Å². The molecule has 0 saturated carbocycles. The summed E-state index contributed by atoms with van der Waals surface area (Å²) < 4.78 is 16.3.